The van der Waals surface area contributed by atoms with Crippen molar-refractivity contribution in [3.05, 3.63) is 84.7 Å². The Morgan fingerprint density at radius 2 is 1.62 bits per heavy atom. The van der Waals surface area contributed by atoms with Gasteiger partial charge in [-0.25, -0.2) is 17.4 Å². The summed E-state index contributed by atoms with van der Waals surface area (Å²) >= 11 is 0. The highest BCUT2D eigenvalue weighted by Crippen LogP contribution is 2.35. The van der Waals surface area contributed by atoms with E-state index in [9.17, 15) is 26.4 Å². The first kappa shape index (κ1) is 26.7. The molecule has 39 heavy (non-hydrogen) atoms. The van der Waals surface area contributed by atoms with E-state index < -0.39 is 22.1 Å². The third-order valence-electron chi connectivity index (χ3n) is 6.67. The van der Waals surface area contributed by atoms with Gasteiger partial charge in [0.15, 0.2) is 5.65 Å². The number of anilines is 2. The molecule has 1 saturated heterocycles. The highest BCUT2D eigenvalue weighted by Gasteiger charge is 2.39. The second kappa shape index (κ2) is 10.7. The number of hydrogen-bond donors (Lipinski definition) is 2. The van der Waals surface area contributed by atoms with Crippen LogP contribution in [0.4, 0.5) is 24.5 Å². The van der Waals surface area contributed by atoms with E-state index >= 15 is 0 Å². The van der Waals surface area contributed by atoms with Crippen LogP contribution in [0.3, 0.4) is 0 Å². The van der Waals surface area contributed by atoms with E-state index in [0.29, 0.717) is 12.8 Å². The number of amides is 1. The lowest BCUT2D eigenvalue weighted by molar-refractivity contribution is -0.167. The van der Waals surface area contributed by atoms with Crippen LogP contribution in [-0.2, 0) is 21.4 Å². The van der Waals surface area contributed by atoms with Gasteiger partial charge in [-0.3, -0.25) is 9.69 Å². The molecule has 204 valence electrons. The SMILES string of the molecule is O=C(Nc1cnc2c(ccn2S(=O)(=O)c2ccccc2)c1NC1CCN(Cc2ccccc2)CC1)C(F)(F)F. The van der Waals surface area contributed by atoms with Gasteiger partial charge in [0, 0.05) is 37.3 Å². The van der Waals surface area contributed by atoms with Crippen molar-refractivity contribution in [3.63, 3.8) is 0 Å². The monoisotopic (exact) mass is 557 g/mol. The van der Waals surface area contributed by atoms with E-state index in [1.54, 1.807) is 18.2 Å². The molecule has 2 aromatic heterocycles. The molecule has 5 rings (SSSR count). The molecule has 8 nitrogen and oxygen atoms in total. The Labute approximate surface area is 223 Å². The van der Waals surface area contributed by atoms with Crippen LogP contribution < -0.4 is 10.6 Å². The smallest absolute Gasteiger partial charge is 0.380 e. The minimum Gasteiger partial charge on any atom is -0.380 e. The Morgan fingerprint density at radius 1 is 0.974 bits per heavy atom. The number of halogens is 3. The van der Waals surface area contributed by atoms with Crippen LogP contribution in [0.1, 0.15) is 18.4 Å². The predicted molar refractivity (Wildman–Crippen MR) is 142 cm³/mol. The van der Waals surface area contributed by atoms with Gasteiger partial charge in [-0.2, -0.15) is 13.2 Å². The van der Waals surface area contributed by atoms with Gasteiger partial charge >= 0.3 is 12.1 Å². The molecule has 0 aliphatic carbocycles. The third-order valence-corrected chi connectivity index (χ3v) is 8.35. The summed E-state index contributed by atoms with van der Waals surface area (Å²) in [6.45, 7) is 2.31. The maximum atomic E-state index is 13.3. The fraction of sp³-hybridized carbons (Fsp3) is 0.259. The average Bonchev–Trinajstić information content (AvgIpc) is 3.37. The number of pyridine rings is 1. The molecule has 3 heterocycles. The molecule has 0 radical (unpaired) electrons. The maximum absolute atomic E-state index is 13.3. The highest BCUT2D eigenvalue weighted by molar-refractivity contribution is 7.90. The van der Waals surface area contributed by atoms with Crippen molar-refractivity contribution in [1.82, 2.24) is 13.9 Å². The van der Waals surface area contributed by atoms with Crippen molar-refractivity contribution >= 4 is 38.3 Å². The molecule has 12 heteroatoms. The Morgan fingerprint density at radius 3 is 2.26 bits per heavy atom. The van der Waals surface area contributed by atoms with Crippen LogP contribution in [0.15, 0.2) is 84.0 Å². The zero-order valence-corrected chi connectivity index (χ0v) is 21.5. The lowest BCUT2D eigenvalue weighted by Crippen LogP contribution is -2.39. The van der Waals surface area contributed by atoms with Gasteiger partial charge in [0.25, 0.3) is 10.0 Å². The van der Waals surface area contributed by atoms with Gasteiger partial charge in [-0.05, 0) is 36.6 Å². The first-order valence-corrected chi connectivity index (χ1v) is 13.8. The van der Waals surface area contributed by atoms with E-state index in [1.807, 2.05) is 23.5 Å². The summed E-state index contributed by atoms with van der Waals surface area (Å²) < 4.78 is 66.7. The molecule has 1 aliphatic heterocycles. The summed E-state index contributed by atoms with van der Waals surface area (Å²) in [7, 11) is -4.02. The lowest BCUT2D eigenvalue weighted by atomic mass is 10.0. The summed E-state index contributed by atoms with van der Waals surface area (Å²) in [6.07, 6.45) is -1.34. The Hall–Kier alpha value is -3.90. The van der Waals surface area contributed by atoms with Gasteiger partial charge in [-0.15, -0.1) is 0 Å². The molecule has 0 atom stereocenters. The number of piperidine rings is 1. The summed E-state index contributed by atoms with van der Waals surface area (Å²) in [5.41, 5.74) is 1.25. The Bertz CT molecular complexity index is 1570. The van der Waals surface area contributed by atoms with Crippen molar-refractivity contribution in [3.8, 4) is 0 Å². The van der Waals surface area contributed by atoms with Crippen LogP contribution in [-0.4, -0.2) is 53.5 Å². The molecule has 1 aliphatic rings. The summed E-state index contributed by atoms with van der Waals surface area (Å²) in [4.78, 5) is 18.3. The molecular weight excluding hydrogens is 531 g/mol. The molecule has 2 N–H and O–H groups in total. The van der Waals surface area contributed by atoms with Crippen molar-refractivity contribution < 1.29 is 26.4 Å². The van der Waals surface area contributed by atoms with E-state index in [-0.39, 0.29) is 33.3 Å². The quantitative estimate of drug-likeness (QED) is 0.337. The fourth-order valence-corrected chi connectivity index (χ4v) is 6.01. The zero-order chi connectivity index (χ0) is 27.6. The number of likely N-dealkylation sites (tertiary alicyclic amines) is 1. The summed E-state index contributed by atoms with van der Waals surface area (Å²) in [5, 5.41) is 5.46. The number of hydrogen-bond acceptors (Lipinski definition) is 6. The number of benzene rings is 2. The molecular formula is C27H26F3N5O3S. The van der Waals surface area contributed by atoms with E-state index in [0.717, 1.165) is 29.8 Å². The Kier molecular flexibility index (Phi) is 7.32. The lowest BCUT2D eigenvalue weighted by Gasteiger charge is -2.33. The molecule has 2 aromatic carbocycles. The van der Waals surface area contributed by atoms with Crippen molar-refractivity contribution in [2.24, 2.45) is 0 Å². The number of rotatable bonds is 7. The van der Waals surface area contributed by atoms with Crippen LogP contribution in [0.5, 0.6) is 0 Å². The number of aromatic nitrogens is 2. The van der Waals surface area contributed by atoms with Gasteiger partial charge in [0.1, 0.15) is 0 Å². The maximum Gasteiger partial charge on any atom is 0.471 e. The van der Waals surface area contributed by atoms with Crippen LogP contribution >= 0.6 is 0 Å². The van der Waals surface area contributed by atoms with E-state index in [1.165, 1.54) is 30.0 Å². The second-order valence-electron chi connectivity index (χ2n) is 9.35. The van der Waals surface area contributed by atoms with Gasteiger partial charge in [0.05, 0.1) is 22.5 Å². The summed E-state index contributed by atoms with van der Waals surface area (Å²) in [6, 6.07) is 19.2. The molecule has 0 bridgehead atoms. The molecule has 0 spiro atoms. The molecule has 0 unspecified atom stereocenters. The normalized spacial score (nSPS) is 15.4. The number of fused-ring (bicyclic) bond motifs is 1. The number of alkyl halides is 3. The molecule has 4 aromatic rings. The Balaban J connectivity index is 1.44. The van der Waals surface area contributed by atoms with Crippen molar-refractivity contribution in [2.75, 3.05) is 23.7 Å². The van der Waals surface area contributed by atoms with Crippen LogP contribution in [0, 0.1) is 0 Å². The van der Waals surface area contributed by atoms with Gasteiger partial charge in [-0.1, -0.05) is 48.5 Å². The topological polar surface area (TPSA) is 96.3 Å². The number of carbonyl (C=O) groups is 1. The first-order valence-electron chi connectivity index (χ1n) is 12.3. The number of nitrogens with one attached hydrogen (secondary N) is 2. The van der Waals surface area contributed by atoms with Crippen LogP contribution in [0.2, 0.25) is 0 Å². The van der Waals surface area contributed by atoms with Gasteiger partial charge < -0.3 is 10.6 Å². The average molecular weight is 558 g/mol. The van der Waals surface area contributed by atoms with Crippen molar-refractivity contribution in [1.29, 1.82) is 0 Å². The van der Waals surface area contributed by atoms with E-state index in [2.05, 4.69) is 27.3 Å². The predicted octanol–water partition coefficient (Wildman–Crippen LogP) is 4.85. The standard InChI is InChI=1S/C27H26F3N5O3S/c28-27(29,30)26(36)33-23-17-31-25-22(13-16-35(25)39(37,38)21-9-5-2-6-10-21)24(23)32-20-11-14-34(15-12-20)18-19-7-3-1-4-8-19/h1-10,13,16-17,20H,11-12,14-15,18H2,(H,31,32)(H,33,36). The van der Waals surface area contributed by atoms with Crippen LogP contribution in [0.25, 0.3) is 11.0 Å². The fourth-order valence-electron chi connectivity index (χ4n) is 4.69. The molecule has 1 fully saturated rings. The number of carbonyl (C=O) groups excluding carboxylic acids is 1. The summed E-state index contributed by atoms with van der Waals surface area (Å²) in [5.74, 6) is -2.14. The number of nitrogens with zero attached hydrogens (tertiary/aromatic N) is 3. The van der Waals surface area contributed by atoms with Gasteiger partial charge in [0.2, 0.25) is 0 Å². The second-order valence-corrected chi connectivity index (χ2v) is 11.2. The highest BCUT2D eigenvalue weighted by atomic mass is 32.2. The largest absolute Gasteiger partial charge is 0.471 e. The van der Waals surface area contributed by atoms with Crippen molar-refractivity contribution in [2.45, 2.75) is 36.5 Å². The molecule has 1 amide bonds. The zero-order valence-electron chi connectivity index (χ0n) is 20.7. The van der Waals surface area contributed by atoms with E-state index in [4.69, 9.17) is 0 Å². The minimum absolute atomic E-state index is 0.0351. The third kappa shape index (κ3) is 5.76. The molecule has 0 saturated carbocycles. The first-order chi connectivity index (χ1) is 18.6. The minimum atomic E-state index is -5.10.